The van der Waals surface area contributed by atoms with Crippen LogP contribution >= 0.6 is 11.3 Å². The fourth-order valence-electron chi connectivity index (χ4n) is 1.55. The first kappa shape index (κ1) is 13.9. The fraction of sp³-hybridized carbons (Fsp3) is 0.0833. The van der Waals surface area contributed by atoms with Gasteiger partial charge in [0.2, 0.25) is 10.0 Å². The minimum absolute atomic E-state index is 0.0175. The van der Waals surface area contributed by atoms with Crippen molar-refractivity contribution in [3.8, 4) is 0 Å². The van der Waals surface area contributed by atoms with E-state index in [9.17, 15) is 18.3 Å². The van der Waals surface area contributed by atoms with Gasteiger partial charge in [0, 0.05) is 15.8 Å². The molecule has 1 atom stereocenters. The zero-order valence-electron chi connectivity index (χ0n) is 9.68. The number of thiophene rings is 1. The molecule has 0 aliphatic carbocycles. The predicted octanol–water partition coefficient (Wildman–Crippen LogP) is 1.29. The van der Waals surface area contributed by atoms with E-state index in [0.29, 0.717) is 22.3 Å². The van der Waals surface area contributed by atoms with E-state index in [-0.39, 0.29) is 4.90 Å². The number of aliphatic hydroxyl groups excluding tert-OH is 1. The molecule has 1 aromatic carbocycles. The van der Waals surface area contributed by atoms with E-state index in [2.05, 4.69) is 0 Å². The van der Waals surface area contributed by atoms with Crippen LogP contribution in [0.2, 0.25) is 0 Å². The molecule has 2 aromatic rings. The summed E-state index contributed by atoms with van der Waals surface area (Å²) in [4.78, 5) is 11.0. The summed E-state index contributed by atoms with van der Waals surface area (Å²) in [5, 5.41) is 16.5. The number of nitrogens with two attached hydrogens (primary N) is 1. The zero-order chi connectivity index (χ0) is 14.0. The summed E-state index contributed by atoms with van der Waals surface area (Å²) in [6.07, 6.45) is -0.235. The third-order valence-corrected chi connectivity index (χ3v) is 4.61. The second-order valence-electron chi connectivity index (χ2n) is 3.92. The van der Waals surface area contributed by atoms with Crippen LogP contribution in [0.15, 0.2) is 40.6 Å². The number of primary sulfonamides is 1. The minimum atomic E-state index is -3.76. The lowest BCUT2D eigenvalue weighted by atomic mass is 10.1. The monoisotopic (exact) mass is 297 g/mol. The minimum Gasteiger partial charge on any atom is -0.383 e. The van der Waals surface area contributed by atoms with Gasteiger partial charge in [0.15, 0.2) is 0 Å². The number of carbonyl (C=O) groups excluding carboxylic acids is 1. The lowest BCUT2D eigenvalue weighted by molar-refractivity contribution is 0.112. The van der Waals surface area contributed by atoms with Crippen molar-refractivity contribution in [3.05, 3.63) is 51.7 Å². The lowest BCUT2D eigenvalue weighted by Gasteiger charge is -2.08. The molecule has 7 heteroatoms. The smallest absolute Gasteiger partial charge is 0.238 e. The van der Waals surface area contributed by atoms with Crippen molar-refractivity contribution in [2.24, 2.45) is 5.14 Å². The molecule has 0 saturated carbocycles. The lowest BCUT2D eigenvalue weighted by Crippen LogP contribution is -2.10. The Bertz CT molecular complexity index is 689. The molecular weight excluding hydrogens is 286 g/mol. The first-order chi connectivity index (χ1) is 8.91. The van der Waals surface area contributed by atoms with Crippen molar-refractivity contribution in [1.82, 2.24) is 0 Å². The number of rotatable bonds is 4. The van der Waals surface area contributed by atoms with Crippen molar-refractivity contribution in [1.29, 1.82) is 0 Å². The molecule has 3 N–H and O–H groups in total. The second-order valence-corrected chi connectivity index (χ2v) is 6.42. The maximum atomic E-state index is 11.2. The zero-order valence-corrected chi connectivity index (χ0v) is 11.3. The van der Waals surface area contributed by atoms with E-state index in [0.717, 1.165) is 11.3 Å². The van der Waals surface area contributed by atoms with Crippen LogP contribution in [0.3, 0.4) is 0 Å². The number of hydrogen-bond acceptors (Lipinski definition) is 5. The molecule has 0 radical (unpaired) electrons. The number of hydrogen-bond donors (Lipinski definition) is 2. The molecule has 1 aromatic heterocycles. The highest BCUT2D eigenvalue weighted by Gasteiger charge is 2.17. The summed E-state index contributed by atoms with van der Waals surface area (Å²) in [5.74, 6) is 0. The Morgan fingerprint density at radius 3 is 2.37 bits per heavy atom. The van der Waals surface area contributed by atoms with Gasteiger partial charge >= 0.3 is 0 Å². The van der Waals surface area contributed by atoms with Gasteiger partial charge in [0.25, 0.3) is 0 Å². The Labute approximate surface area is 114 Å². The van der Waals surface area contributed by atoms with Gasteiger partial charge in [-0.25, -0.2) is 13.6 Å². The van der Waals surface area contributed by atoms with Crippen molar-refractivity contribution >= 4 is 27.6 Å². The van der Waals surface area contributed by atoms with E-state index in [4.69, 9.17) is 5.14 Å². The third kappa shape index (κ3) is 3.07. The Kier molecular flexibility index (Phi) is 3.81. The standard InChI is InChI=1S/C12H11NO4S2/c13-19(16,17)10-5-11(18-7-10)12(15)9-3-1-8(6-14)2-4-9/h1-7,12,15H,(H2,13,16,17). The van der Waals surface area contributed by atoms with Crippen molar-refractivity contribution in [2.45, 2.75) is 11.0 Å². The second kappa shape index (κ2) is 5.22. The van der Waals surface area contributed by atoms with E-state index in [1.165, 1.54) is 11.4 Å². The van der Waals surface area contributed by atoms with Gasteiger partial charge < -0.3 is 5.11 Å². The summed E-state index contributed by atoms with van der Waals surface area (Å²) >= 11 is 1.11. The van der Waals surface area contributed by atoms with Gasteiger partial charge in [-0.05, 0) is 11.6 Å². The first-order valence-electron chi connectivity index (χ1n) is 5.26. The molecule has 5 nitrogen and oxygen atoms in total. The number of sulfonamides is 1. The van der Waals surface area contributed by atoms with E-state index < -0.39 is 16.1 Å². The van der Waals surface area contributed by atoms with Gasteiger partial charge in [-0.15, -0.1) is 11.3 Å². The number of benzene rings is 1. The van der Waals surface area contributed by atoms with E-state index in [1.54, 1.807) is 24.3 Å². The molecule has 100 valence electrons. The van der Waals surface area contributed by atoms with Gasteiger partial charge in [0.1, 0.15) is 12.4 Å². The predicted molar refractivity (Wildman–Crippen MR) is 71.6 cm³/mol. The SMILES string of the molecule is NS(=O)(=O)c1csc(C(O)c2ccc(C=O)cc2)c1. The molecule has 0 amide bonds. The van der Waals surface area contributed by atoms with Crippen LogP contribution in [-0.2, 0) is 10.0 Å². The highest BCUT2D eigenvalue weighted by molar-refractivity contribution is 7.89. The van der Waals surface area contributed by atoms with Crippen LogP contribution in [0.4, 0.5) is 0 Å². The molecule has 0 saturated heterocycles. The summed E-state index contributed by atoms with van der Waals surface area (Å²) in [7, 11) is -3.76. The molecule has 1 heterocycles. The highest BCUT2D eigenvalue weighted by atomic mass is 32.2. The largest absolute Gasteiger partial charge is 0.383 e. The Morgan fingerprint density at radius 1 is 1.26 bits per heavy atom. The Morgan fingerprint density at radius 2 is 1.89 bits per heavy atom. The average Bonchev–Trinajstić information content (AvgIpc) is 2.87. The number of aliphatic hydroxyl groups is 1. The van der Waals surface area contributed by atoms with Gasteiger partial charge in [-0.3, -0.25) is 4.79 Å². The summed E-state index contributed by atoms with van der Waals surface area (Å²) in [6.45, 7) is 0. The molecule has 0 spiro atoms. The van der Waals surface area contributed by atoms with E-state index in [1.807, 2.05) is 0 Å². The molecule has 0 fully saturated rings. The molecule has 19 heavy (non-hydrogen) atoms. The van der Waals surface area contributed by atoms with Crippen molar-refractivity contribution < 1.29 is 18.3 Å². The Hall–Kier alpha value is -1.54. The first-order valence-corrected chi connectivity index (χ1v) is 7.69. The highest BCUT2D eigenvalue weighted by Crippen LogP contribution is 2.29. The van der Waals surface area contributed by atoms with Crippen LogP contribution in [0.25, 0.3) is 0 Å². The fourth-order valence-corrected chi connectivity index (χ4v) is 3.38. The van der Waals surface area contributed by atoms with Gasteiger partial charge in [0.05, 0.1) is 4.90 Å². The average molecular weight is 297 g/mol. The third-order valence-electron chi connectivity index (χ3n) is 2.58. The maximum Gasteiger partial charge on any atom is 0.238 e. The molecule has 0 bridgehead atoms. The van der Waals surface area contributed by atoms with Crippen LogP contribution < -0.4 is 5.14 Å². The normalized spacial score (nSPS) is 13.2. The maximum absolute atomic E-state index is 11.2. The van der Waals surface area contributed by atoms with Crippen molar-refractivity contribution in [2.75, 3.05) is 0 Å². The molecular formula is C12H11NO4S2. The Balaban J connectivity index is 2.30. The molecule has 1 unspecified atom stereocenters. The van der Waals surface area contributed by atoms with Crippen LogP contribution in [0, 0.1) is 0 Å². The summed E-state index contributed by atoms with van der Waals surface area (Å²) in [6, 6.07) is 7.74. The van der Waals surface area contributed by atoms with Crippen LogP contribution in [0.5, 0.6) is 0 Å². The number of aldehydes is 1. The topological polar surface area (TPSA) is 97.5 Å². The molecule has 2 rings (SSSR count). The summed E-state index contributed by atoms with van der Waals surface area (Å²) < 4.78 is 22.3. The molecule has 0 aliphatic rings. The van der Waals surface area contributed by atoms with Crippen molar-refractivity contribution in [3.63, 3.8) is 0 Å². The number of carbonyl (C=O) groups is 1. The van der Waals surface area contributed by atoms with Gasteiger partial charge in [-0.1, -0.05) is 24.3 Å². The van der Waals surface area contributed by atoms with Gasteiger partial charge in [-0.2, -0.15) is 0 Å². The van der Waals surface area contributed by atoms with E-state index >= 15 is 0 Å². The summed E-state index contributed by atoms with van der Waals surface area (Å²) in [5.41, 5.74) is 1.08. The quantitative estimate of drug-likeness (QED) is 0.831. The van der Waals surface area contributed by atoms with Crippen LogP contribution in [0.1, 0.15) is 26.9 Å². The molecule has 0 aliphatic heterocycles. The van der Waals surface area contributed by atoms with Crippen LogP contribution in [-0.4, -0.2) is 19.8 Å².